The van der Waals surface area contributed by atoms with Crippen LogP contribution in [0.15, 0.2) is 22.7 Å². The van der Waals surface area contributed by atoms with Crippen molar-refractivity contribution in [3.05, 3.63) is 28.2 Å². The molecule has 0 amide bonds. The van der Waals surface area contributed by atoms with E-state index in [1.165, 1.54) is 0 Å². The fraction of sp³-hybridized carbons (Fsp3) is 0.250. The number of phenols is 1. The van der Waals surface area contributed by atoms with Gasteiger partial charge < -0.3 is 16.6 Å². The second kappa shape index (κ2) is 3.89. The number of hydrogen-bond acceptors (Lipinski definition) is 3. The van der Waals surface area contributed by atoms with Crippen LogP contribution in [0, 0.1) is 0 Å². The molecule has 3 nitrogen and oxygen atoms in total. The van der Waals surface area contributed by atoms with Crippen molar-refractivity contribution in [2.75, 3.05) is 6.54 Å². The molecule has 1 atom stereocenters. The molecule has 1 aromatic carbocycles. The van der Waals surface area contributed by atoms with Gasteiger partial charge in [-0.15, -0.1) is 0 Å². The van der Waals surface area contributed by atoms with E-state index in [-0.39, 0.29) is 11.8 Å². The summed E-state index contributed by atoms with van der Waals surface area (Å²) in [5.74, 6) is 0.183. The average Bonchev–Trinajstić information content (AvgIpc) is 2.03. The molecule has 66 valence electrons. The molecule has 1 rings (SSSR count). The predicted molar refractivity (Wildman–Crippen MR) is 51.8 cm³/mol. The predicted octanol–water partition coefficient (Wildman–Crippen LogP) is 1.11. The average molecular weight is 231 g/mol. The summed E-state index contributed by atoms with van der Waals surface area (Å²) in [6.45, 7) is 0.329. The molecule has 0 radical (unpaired) electrons. The van der Waals surface area contributed by atoms with E-state index < -0.39 is 0 Å². The molecule has 0 unspecified atom stereocenters. The standard InChI is InChI=1S/C8H11BrN2O/c9-5-1-2-6(7(11)4-10)8(12)3-5/h1-3,7,12H,4,10-11H2/t7-/m0/s1. The Hall–Kier alpha value is -0.580. The minimum Gasteiger partial charge on any atom is -0.508 e. The minimum atomic E-state index is -0.293. The highest BCUT2D eigenvalue weighted by atomic mass is 79.9. The first-order valence-electron chi connectivity index (χ1n) is 3.59. The van der Waals surface area contributed by atoms with Crippen molar-refractivity contribution in [3.63, 3.8) is 0 Å². The summed E-state index contributed by atoms with van der Waals surface area (Å²) in [6, 6.07) is 4.89. The lowest BCUT2D eigenvalue weighted by atomic mass is 10.1. The Morgan fingerprint density at radius 2 is 2.17 bits per heavy atom. The highest BCUT2D eigenvalue weighted by Crippen LogP contribution is 2.25. The molecule has 5 N–H and O–H groups in total. The van der Waals surface area contributed by atoms with E-state index in [9.17, 15) is 5.11 Å². The van der Waals surface area contributed by atoms with Crippen LogP contribution in [0.5, 0.6) is 5.75 Å². The van der Waals surface area contributed by atoms with Gasteiger partial charge in [-0.25, -0.2) is 0 Å². The van der Waals surface area contributed by atoms with E-state index in [2.05, 4.69) is 15.9 Å². The molecule has 0 aliphatic rings. The van der Waals surface area contributed by atoms with Crippen molar-refractivity contribution < 1.29 is 5.11 Å². The number of halogens is 1. The molecule has 0 aliphatic heterocycles. The fourth-order valence-corrected chi connectivity index (χ4v) is 1.31. The van der Waals surface area contributed by atoms with Crippen LogP contribution >= 0.6 is 15.9 Å². The van der Waals surface area contributed by atoms with Crippen LogP contribution in [0.2, 0.25) is 0 Å². The van der Waals surface area contributed by atoms with E-state index in [1.807, 2.05) is 6.07 Å². The summed E-state index contributed by atoms with van der Waals surface area (Å²) in [4.78, 5) is 0. The van der Waals surface area contributed by atoms with Crippen molar-refractivity contribution in [3.8, 4) is 5.75 Å². The maximum absolute atomic E-state index is 9.43. The van der Waals surface area contributed by atoms with Crippen LogP contribution in [0.1, 0.15) is 11.6 Å². The van der Waals surface area contributed by atoms with Gasteiger partial charge >= 0.3 is 0 Å². The molecule has 0 saturated heterocycles. The van der Waals surface area contributed by atoms with Gasteiger partial charge in [0.15, 0.2) is 0 Å². The van der Waals surface area contributed by atoms with Crippen LogP contribution in [0.25, 0.3) is 0 Å². The third kappa shape index (κ3) is 1.97. The highest BCUT2D eigenvalue weighted by molar-refractivity contribution is 9.10. The molecule has 12 heavy (non-hydrogen) atoms. The Kier molecular flexibility index (Phi) is 3.08. The van der Waals surface area contributed by atoms with E-state index in [0.29, 0.717) is 12.1 Å². The van der Waals surface area contributed by atoms with Crippen LogP contribution in [0.4, 0.5) is 0 Å². The largest absolute Gasteiger partial charge is 0.508 e. The highest BCUT2D eigenvalue weighted by Gasteiger charge is 2.08. The van der Waals surface area contributed by atoms with Crippen molar-refractivity contribution >= 4 is 15.9 Å². The number of phenolic OH excluding ortho intramolecular Hbond substituents is 1. The maximum atomic E-state index is 9.43. The first kappa shape index (κ1) is 9.51. The van der Waals surface area contributed by atoms with E-state index in [0.717, 1.165) is 4.47 Å². The number of rotatable bonds is 2. The maximum Gasteiger partial charge on any atom is 0.121 e. The molecule has 0 aliphatic carbocycles. The zero-order chi connectivity index (χ0) is 9.14. The molecule has 0 aromatic heterocycles. The van der Waals surface area contributed by atoms with Gasteiger partial charge in [-0.3, -0.25) is 0 Å². The van der Waals surface area contributed by atoms with E-state index in [4.69, 9.17) is 11.5 Å². The smallest absolute Gasteiger partial charge is 0.121 e. The van der Waals surface area contributed by atoms with E-state index in [1.54, 1.807) is 12.1 Å². The van der Waals surface area contributed by atoms with Crippen LogP contribution in [-0.4, -0.2) is 11.7 Å². The quantitative estimate of drug-likeness (QED) is 0.713. The number of nitrogens with two attached hydrogens (primary N) is 2. The molecule has 4 heteroatoms. The third-order valence-corrected chi connectivity index (χ3v) is 2.14. The van der Waals surface area contributed by atoms with Gasteiger partial charge in [-0.2, -0.15) is 0 Å². The molecular weight excluding hydrogens is 220 g/mol. The lowest BCUT2D eigenvalue weighted by Gasteiger charge is -2.10. The molecule has 0 fully saturated rings. The number of aromatic hydroxyl groups is 1. The summed E-state index contributed by atoms with van der Waals surface area (Å²) in [7, 11) is 0. The summed E-state index contributed by atoms with van der Waals surface area (Å²) >= 11 is 3.24. The lowest BCUT2D eigenvalue weighted by molar-refractivity contribution is 0.461. The van der Waals surface area contributed by atoms with Gasteiger partial charge in [0.05, 0.1) is 0 Å². The molecule has 0 spiro atoms. The van der Waals surface area contributed by atoms with Crippen LogP contribution in [0.3, 0.4) is 0 Å². The topological polar surface area (TPSA) is 72.3 Å². The van der Waals surface area contributed by atoms with Gasteiger partial charge in [-0.1, -0.05) is 22.0 Å². The fourth-order valence-electron chi connectivity index (χ4n) is 0.957. The van der Waals surface area contributed by atoms with Crippen LogP contribution < -0.4 is 11.5 Å². The lowest BCUT2D eigenvalue weighted by Crippen LogP contribution is -2.20. The Morgan fingerprint density at radius 1 is 1.50 bits per heavy atom. The minimum absolute atomic E-state index is 0.183. The van der Waals surface area contributed by atoms with E-state index >= 15 is 0 Å². The first-order valence-corrected chi connectivity index (χ1v) is 4.38. The molecule has 1 aromatic rings. The Bertz CT molecular complexity index is 278. The van der Waals surface area contributed by atoms with Crippen LogP contribution in [-0.2, 0) is 0 Å². The van der Waals surface area contributed by atoms with Gasteiger partial charge in [0.25, 0.3) is 0 Å². The van der Waals surface area contributed by atoms with Gasteiger partial charge in [0, 0.05) is 22.6 Å². The Morgan fingerprint density at radius 3 is 2.67 bits per heavy atom. The molecule has 0 saturated carbocycles. The van der Waals surface area contributed by atoms with Crippen molar-refractivity contribution in [1.29, 1.82) is 0 Å². The Balaban J connectivity index is 3.01. The second-order valence-corrected chi connectivity index (χ2v) is 3.46. The molecule has 0 bridgehead atoms. The van der Waals surface area contributed by atoms with Crippen molar-refractivity contribution in [2.24, 2.45) is 11.5 Å². The van der Waals surface area contributed by atoms with Gasteiger partial charge in [-0.05, 0) is 12.1 Å². The van der Waals surface area contributed by atoms with Gasteiger partial charge in [0.2, 0.25) is 0 Å². The number of hydrogen-bond donors (Lipinski definition) is 3. The monoisotopic (exact) mass is 230 g/mol. The third-order valence-electron chi connectivity index (χ3n) is 1.65. The van der Waals surface area contributed by atoms with Crippen molar-refractivity contribution in [1.82, 2.24) is 0 Å². The first-order chi connectivity index (χ1) is 5.65. The second-order valence-electron chi connectivity index (χ2n) is 2.55. The molecular formula is C8H11BrN2O. The molecule has 0 heterocycles. The SMILES string of the molecule is NC[C@H](N)c1ccc(Br)cc1O. The summed E-state index contributed by atoms with van der Waals surface area (Å²) in [6.07, 6.45) is 0. The zero-order valence-electron chi connectivity index (χ0n) is 6.50. The summed E-state index contributed by atoms with van der Waals surface area (Å²) in [5.41, 5.74) is 11.7. The number of benzene rings is 1. The Labute approximate surface area is 79.5 Å². The normalized spacial score (nSPS) is 12.9. The van der Waals surface area contributed by atoms with Crippen molar-refractivity contribution in [2.45, 2.75) is 6.04 Å². The zero-order valence-corrected chi connectivity index (χ0v) is 8.08. The van der Waals surface area contributed by atoms with Gasteiger partial charge in [0.1, 0.15) is 5.75 Å². The summed E-state index contributed by atoms with van der Waals surface area (Å²) in [5, 5.41) is 9.43. The summed E-state index contributed by atoms with van der Waals surface area (Å²) < 4.78 is 0.827.